The molecule has 0 heterocycles. The summed E-state index contributed by atoms with van der Waals surface area (Å²) in [5.41, 5.74) is 0. The maximum absolute atomic E-state index is 12.8. The lowest BCUT2D eigenvalue weighted by atomic mass is 9.89. The summed E-state index contributed by atoms with van der Waals surface area (Å²) in [6.07, 6.45) is 14.8. The van der Waals surface area contributed by atoms with Gasteiger partial charge in [0.05, 0.1) is 44.6 Å². The van der Waals surface area contributed by atoms with E-state index in [1.807, 2.05) is 0 Å². The average molecular weight is 845 g/mol. The number of carbonyl (C=O) groups is 2. The van der Waals surface area contributed by atoms with E-state index in [2.05, 4.69) is 29.8 Å². The van der Waals surface area contributed by atoms with Crippen LogP contribution in [0.3, 0.4) is 0 Å². The lowest BCUT2D eigenvalue weighted by molar-refractivity contribution is -0.160. The van der Waals surface area contributed by atoms with E-state index in [1.54, 1.807) is 18.2 Å². The Labute approximate surface area is 332 Å². The standard InChI is InChI=1S/C38H70O16P2/c1-4-5-12-18-30(39)22-23-34-33(35(41)24-36(34)42)19-15-16-21-38(44)54-32(28-53-56(48,49)52-26-31(40)25-51-55(45,46)47)27-50-37(43)20-14-11-9-7-6-8-10-13-17-29(2)3/h15-16,22-23,29-36,39-42H,4-14,17-21,24-28H2,1-3H3,(H,48,49)(H2,45,46,47)/b16-15-,23-22+/t30-,31+,32-,33+,34-,35+,36-/m1/s1. The van der Waals surface area contributed by atoms with Gasteiger partial charge in [-0.25, -0.2) is 9.13 Å². The summed E-state index contributed by atoms with van der Waals surface area (Å²) in [7, 11) is -9.79. The van der Waals surface area contributed by atoms with Crippen LogP contribution in [0.2, 0.25) is 0 Å². The molecule has 1 saturated carbocycles. The van der Waals surface area contributed by atoms with Gasteiger partial charge in [0, 0.05) is 18.8 Å². The highest BCUT2D eigenvalue weighted by Gasteiger charge is 2.39. The Morgan fingerprint density at radius 2 is 1.36 bits per heavy atom. The third-order valence-corrected chi connectivity index (χ3v) is 10.8. The van der Waals surface area contributed by atoms with Crippen molar-refractivity contribution in [2.75, 3.05) is 26.4 Å². The van der Waals surface area contributed by atoms with Gasteiger partial charge in [-0.1, -0.05) is 116 Å². The van der Waals surface area contributed by atoms with Crippen LogP contribution >= 0.6 is 15.6 Å². The molecule has 1 aliphatic rings. The first-order valence-corrected chi connectivity index (χ1v) is 23.2. The summed E-state index contributed by atoms with van der Waals surface area (Å²) >= 11 is 0. The summed E-state index contributed by atoms with van der Waals surface area (Å²) in [6.45, 7) is 3.50. The minimum absolute atomic E-state index is 0.130. The second-order valence-corrected chi connectivity index (χ2v) is 17.7. The number of rotatable bonds is 33. The molecule has 56 heavy (non-hydrogen) atoms. The van der Waals surface area contributed by atoms with Gasteiger partial charge >= 0.3 is 27.6 Å². The highest BCUT2D eigenvalue weighted by Crippen LogP contribution is 2.44. The maximum Gasteiger partial charge on any atom is 0.472 e. The number of aliphatic hydroxyl groups excluding tert-OH is 4. The summed E-state index contributed by atoms with van der Waals surface area (Å²) in [4.78, 5) is 52.8. The average Bonchev–Trinajstić information content (AvgIpc) is 3.39. The molecule has 0 bridgehead atoms. The van der Waals surface area contributed by atoms with Crippen LogP contribution in [0.15, 0.2) is 24.3 Å². The van der Waals surface area contributed by atoms with Crippen molar-refractivity contribution in [2.45, 2.75) is 160 Å². The third kappa shape index (κ3) is 27.2. The zero-order valence-corrected chi connectivity index (χ0v) is 35.3. The highest BCUT2D eigenvalue weighted by atomic mass is 31.2. The predicted octanol–water partition coefficient (Wildman–Crippen LogP) is 5.79. The van der Waals surface area contributed by atoms with Gasteiger partial charge in [0.1, 0.15) is 12.7 Å². The molecule has 18 heteroatoms. The molecule has 0 aromatic rings. The van der Waals surface area contributed by atoms with E-state index in [9.17, 15) is 44.0 Å². The van der Waals surface area contributed by atoms with Gasteiger partial charge in [-0.15, -0.1) is 0 Å². The van der Waals surface area contributed by atoms with Crippen LogP contribution in [0.4, 0.5) is 0 Å². The topological polar surface area (TPSA) is 256 Å². The SMILES string of the molecule is CCCCC[C@@H](O)/C=C/[C@@H]1[C@H](C/C=C\CC(=O)O[C@H](COC(=O)CCCCCCCCCCC(C)C)COP(=O)(O)OC[C@@H](O)COP(=O)(O)O)[C@@H](O)C[C@H]1O. The van der Waals surface area contributed by atoms with Crippen LogP contribution in [0.5, 0.6) is 0 Å². The Bertz CT molecular complexity index is 1220. The summed E-state index contributed by atoms with van der Waals surface area (Å²) in [6, 6.07) is 0. The number of phosphoric ester groups is 2. The van der Waals surface area contributed by atoms with Crippen molar-refractivity contribution in [1.82, 2.24) is 0 Å². The van der Waals surface area contributed by atoms with E-state index in [0.29, 0.717) is 19.3 Å². The van der Waals surface area contributed by atoms with Gasteiger partial charge in [-0.05, 0) is 31.1 Å². The molecule has 16 nitrogen and oxygen atoms in total. The van der Waals surface area contributed by atoms with Crippen molar-refractivity contribution in [1.29, 1.82) is 0 Å². The number of unbranched alkanes of at least 4 members (excludes halogenated alkanes) is 9. The number of allylic oxidation sites excluding steroid dienone is 1. The molecule has 1 rings (SSSR count). The molecule has 0 spiro atoms. The van der Waals surface area contributed by atoms with E-state index in [0.717, 1.165) is 50.9 Å². The minimum atomic E-state index is -4.90. The van der Waals surface area contributed by atoms with E-state index >= 15 is 0 Å². The Kier molecular flexibility index (Phi) is 27.8. The first-order chi connectivity index (χ1) is 26.4. The summed E-state index contributed by atoms with van der Waals surface area (Å²) < 4.78 is 47.6. The Morgan fingerprint density at radius 3 is 2.00 bits per heavy atom. The number of hydrogen-bond acceptors (Lipinski definition) is 13. The fourth-order valence-corrected chi connectivity index (χ4v) is 7.37. The van der Waals surface area contributed by atoms with Crippen molar-refractivity contribution in [3.8, 4) is 0 Å². The van der Waals surface area contributed by atoms with Crippen LogP contribution < -0.4 is 0 Å². The molecule has 8 atom stereocenters. The quantitative estimate of drug-likeness (QED) is 0.0178. The zero-order valence-electron chi connectivity index (χ0n) is 33.5. The fraction of sp³-hybridized carbons (Fsp3) is 0.842. The summed E-state index contributed by atoms with van der Waals surface area (Å²) in [5, 5.41) is 41.1. The Hall–Kier alpha value is -1.52. The number of carbonyl (C=O) groups excluding carboxylic acids is 2. The van der Waals surface area contributed by atoms with Crippen LogP contribution in [-0.2, 0) is 41.8 Å². The number of phosphoric acid groups is 2. The molecular weight excluding hydrogens is 774 g/mol. The van der Waals surface area contributed by atoms with Gasteiger partial charge in [0.25, 0.3) is 0 Å². The molecule has 0 amide bonds. The largest absolute Gasteiger partial charge is 0.472 e. The monoisotopic (exact) mass is 844 g/mol. The Morgan fingerprint density at radius 1 is 0.750 bits per heavy atom. The maximum atomic E-state index is 12.8. The van der Waals surface area contributed by atoms with Gasteiger partial charge in [0.15, 0.2) is 6.10 Å². The zero-order chi connectivity index (χ0) is 42.0. The molecule has 0 aromatic heterocycles. The summed E-state index contributed by atoms with van der Waals surface area (Å²) in [5.74, 6) is -1.35. The van der Waals surface area contributed by atoms with Gasteiger partial charge in [-0.3, -0.25) is 23.2 Å². The van der Waals surface area contributed by atoms with Crippen LogP contribution in [0.1, 0.15) is 130 Å². The highest BCUT2D eigenvalue weighted by molar-refractivity contribution is 7.47. The van der Waals surface area contributed by atoms with Crippen molar-refractivity contribution >= 4 is 27.6 Å². The normalized spacial score (nSPS) is 21.8. The Balaban J connectivity index is 2.69. The minimum Gasteiger partial charge on any atom is -0.462 e. The molecule has 328 valence electrons. The molecule has 1 fully saturated rings. The number of hydrogen-bond donors (Lipinski definition) is 7. The molecule has 0 aliphatic heterocycles. The van der Waals surface area contributed by atoms with Crippen LogP contribution in [0.25, 0.3) is 0 Å². The lowest BCUT2D eigenvalue weighted by Gasteiger charge is -2.20. The molecular formula is C38H70O16P2. The first kappa shape index (κ1) is 52.5. The molecule has 7 N–H and O–H groups in total. The van der Waals surface area contributed by atoms with Gasteiger partial charge < -0.3 is 44.6 Å². The second-order valence-electron chi connectivity index (χ2n) is 15.0. The van der Waals surface area contributed by atoms with E-state index in [1.165, 1.54) is 31.8 Å². The molecule has 0 aromatic carbocycles. The van der Waals surface area contributed by atoms with Crippen molar-refractivity contribution in [2.24, 2.45) is 17.8 Å². The number of esters is 2. The van der Waals surface area contributed by atoms with E-state index in [4.69, 9.17) is 23.8 Å². The molecule has 0 radical (unpaired) electrons. The smallest absolute Gasteiger partial charge is 0.462 e. The predicted molar refractivity (Wildman–Crippen MR) is 209 cm³/mol. The first-order valence-electron chi connectivity index (χ1n) is 20.1. The lowest BCUT2D eigenvalue weighted by Crippen LogP contribution is -2.29. The van der Waals surface area contributed by atoms with Crippen LogP contribution in [-0.4, -0.2) is 104 Å². The van der Waals surface area contributed by atoms with Crippen LogP contribution in [0, 0.1) is 17.8 Å². The number of ether oxygens (including phenoxy) is 2. The molecule has 0 saturated heterocycles. The van der Waals surface area contributed by atoms with E-state index < -0.39 is 84.5 Å². The molecule has 1 aliphatic carbocycles. The number of aliphatic hydroxyl groups is 4. The molecule has 1 unspecified atom stereocenters. The van der Waals surface area contributed by atoms with Gasteiger partial charge in [-0.2, -0.15) is 0 Å². The van der Waals surface area contributed by atoms with Crippen molar-refractivity contribution in [3.05, 3.63) is 24.3 Å². The third-order valence-electron chi connectivity index (χ3n) is 9.36. The van der Waals surface area contributed by atoms with Crippen molar-refractivity contribution in [3.63, 3.8) is 0 Å². The fourth-order valence-electron chi connectivity index (χ4n) is 6.21. The second kappa shape index (κ2) is 29.7. The van der Waals surface area contributed by atoms with E-state index in [-0.39, 0.29) is 31.1 Å². The van der Waals surface area contributed by atoms with Gasteiger partial charge in [0.2, 0.25) is 0 Å². The van der Waals surface area contributed by atoms with Crippen molar-refractivity contribution < 1.29 is 76.9 Å².